The highest BCUT2D eigenvalue weighted by atomic mass is 19.3. The van der Waals surface area contributed by atoms with Gasteiger partial charge in [0, 0.05) is 33.1 Å². The van der Waals surface area contributed by atoms with Crippen LogP contribution >= 0.6 is 0 Å². The first-order valence-electron chi connectivity index (χ1n) is 10.0. The number of halogens is 2. The van der Waals surface area contributed by atoms with Crippen LogP contribution in [0.25, 0.3) is 0 Å². The first-order valence-corrected chi connectivity index (χ1v) is 10.0. The van der Waals surface area contributed by atoms with Gasteiger partial charge in [-0.15, -0.1) is 10.2 Å². The summed E-state index contributed by atoms with van der Waals surface area (Å²) >= 11 is 0. The van der Waals surface area contributed by atoms with E-state index in [1.54, 1.807) is 24.3 Å². The van der Waals surface area contributed by atoms with Crippen LogP contribution in [0.4, 0.5) is 8.78 Å². The number of hydrogen-bond acceptors (Lipinski definition) is 4. The smallest absolute Gasteiger partial charge is 0.387 e. The van der Waals surface area contributed by atoms with Gasteiger partial charge in [-0.2, -0.15) is 8.78 Å². The Morgan fingerprint density at radius 2 is 2.03 bits per heavy atom. The van der Waals surface area contributed by atoms with Crippen LogP contribution < -0.4 is 10.1 Å². The number of fused-ring (bicyclic) bond motifs is 1. The Bertz CT molecular complexity index is 806. The van der Waals surface area contributed by atoms with E-state index in [4.69, 9.17) is 4.99 Å². The Morgan fingerprint density at radius 3 is 2.76 bits per heavy atom. The highest BCUT2D eigenvalue weighted by molar-refractivity contribution is 5.79. The zero-order chi connectivity index (χ0) is 20.6. The summed E-state index contributed by atoms with van der Waals surface area (Å²) < 4.78 is 31.2. The summed E-state index contributed by atoms with van der Waals surface area (Å²) in [6.45, 7) is 1.93. The average molecular weight is 406 g/mol. The maximum atomic E-state index is 12.3. The zero-order valence-electron chi connectivity index (χ0n) is 16.9. The predicted octanol–water partition coefficient (Wildman–Crippen LogP) is 3.20. The lowest BCUT2D eigenvalue weighted by Gasteiger charge is -2.22. The third-order valence-corrected chi connectivity index (χ3v) is 4.82. The molecule has 29 heavy (non-hydrogen) atoms. The fraction of sp³-hybridized carbons (Fsp3) is 0.550. The van der Waals surface area contributed by atoms with E-state index in [0.717, 1.165) is 55.5 Å². The molecule has 0 unspecified atom stereocenters. The Hall–Kier alpha value is -2.71. The SMILES string of the molecule is CCNC(=NCc1nnc2n1CCCCC2)N(C)Cc1ccc(OC(F)F)cc1. The van der Waals surface area contributed by atoms with Crippen molar-refractivity contribution in [1.29, 1.82) is 0 Å². The topological polar surface area (TPSA) is 67.6 Å². The second kappa shape index (κ2) is 10.2. The molecule has 1 aromatic heterocycles. The predicted molar refractivity (Wildman–Crippen MR) is 107 cm³/mol. The lowest BCUT2D eigenvalue weighted by molar-refractivity contribution is -0.0498. The van der Waals surface area contributed by atoms with E-state index in [1.807, 2.05) is 18.9 Å². The minimum absolute atomic E-state index is 0.152. The molecule has 0 radical (unpaired) electrons. The number of nitrogens with one attached hydrogen (secondary N) is 1. The van der Waals surface area contributed by atoms with Crippen molar-refractivity contribution in [2.45, 2.75) is 58.9 Å². The molecule has 0 saturated heterocycles. The summed E-state index contributed by atoms with van der Waals surface area (Å²) in [6.07, 6.45) is 4.50. The van der Waals surface area contributed by atoms with Crippen molar-refractivity contribution in [3.63, 3.8) is 0 Å². The van der Waals surface area contributed by atoms with E-state index < -0.39 is 6.61 Å². The number of benzene rings is 1. The third-order valence-electron chi connectivity index (χ3n) is 4.82. The van der Waals surface area contributed by atoms with Crippen molar-refractivity contribution in [2.75, 3.05) is 13.6 Å². The van der Waals surface area contributed by atoms with Gasteiger partial charge in [-0.05, 0) is 37.5 Å². The standard InChI is InChI=1S/C20H28F2N6O/c1-3-23-20(24-13-18-26-25-17-7-5-4-6-12-28(17)18)27(2)14-15-8-10-16(11-9-15)29-19(21)22/h8-11,19H,3-7,12-14H2,1-2H3,(H,23,24). The number of rotatable bonds is 7. The van der Waals surface area contributed by atoms with Crippen molar-refractivity contribution in [3.8, 4) is 5.75 Å². The second-order valence-electron chi connectivity index (χ2n) is 7.04. The van der Waals surface area contributed by atoms with E-state index in [2.05, 4.69) is 24.8 Å². The summed E-state index contributed by atoms with van der Waals surface area (Å²) in [5, 5.41) is 11.9. The van der Waals surface area contributed by atoms with Crippen LogP contribution in [-0.4, -0.2) is 45.8 Å². The third kappa shape index (κ3) is 5.88. The van der Waals surface area contributed by atoms with Gasteiger partial charge in [0.15, 0.2) is 11.8 Å². The van der Waals surface area contributed by atoms with Crippen LogP contribution in [-0.2, 0) is 26.1 Å². The average Bonchev–Trinajstić information content (AvgIpc) is 2.92. The summed E-state index contributed by atoms with van der Waals surface area (Å²) in [5.41, 5.74) is 0.969. The number of aliphatic imine (C=N–C) groups is 1. The second-order valence-corrected chi connectivity index (χ2v) is 7.04. The summed E-state index contributed by atoms with van der Waals surface area (Å²) in [6, 6.07) is 6.64. The summed E-state index contributed by atoms with van der Waals surface area (Å²) in [4.78, 5) is 6.72. The monoisotopic (exact) mass is 406 g/mol. The zero-order valence-corrected chi connectivity index (χ0v) is 16.9. The Kier molecular flexibility index (Phi) is 7.37. The van der Waals surface area contributed by atoms with E-state index >= 15 is 0 Å². The quantitative estimate of drug-likeness (QED) is 0.565. The maximum Gasteiger partial charge on any atom is 0.387 e. The number of aromatic nitrogens is 3. The lowest BCUT2D eigenvalue weighted by atomic mass is 10.2. The molecule has 0 atom stereocenters. The Morgan fingerprint density at radius 1 is 1.24 bits per heavy atom. The molecular weight excluding hydrogens is 378 g/mol. The lowest BCUT2D eigenvalue weighted by Crippen LogP contribution is -2.38. The van der Waals surface area contributed by atoms with Gasteiger partial charge in [-0.3, -0.25) is 0 Å². The molecule has 0 spiro atoms. The molecule has 1 aromatic carbocycles. The van der Waals surface area contributed by atoms with Crippen LogP contribution in [0.3, 0.4) is 0 Å². The minimum atomic E-state index is -2.82. The molecular formula is C20H28F2N6O. The normalized spacial score (nSPS) is 14.4. The van der Waals surface area contributed by atoms with Gasteiger partial charge in [0.1, 0.15) is 18.1 Å². The van der Waals surface area contributed by atoms with E-state index in [-0.39, 0.29) is 5.75 Å². The van der Waals surface area contributed by atoms with Crippen molar-refractivity contribution in [1.82, 2.24) is 25.0 Å². The highest BCUT2D eigenvalue weighted by Crippen LogP contribution is 2.17. The fourth-order valence-corrected chi connectivity index (χ4v) is 3.40. The van der Waals surface area contributed by atoms with Gasteiger partial charge >= 0.3 is 6.61 Å². The molecule has 158 valence electrons. The van der Waals surface area contributed by atoms with Crippen LogP contribution in [0.2, 0.25) is 0 Å². The van der Waals surface area contributed by atoms with Crippen molar-refractivity contribution < 1.29 is 13.5 Å². The van der Waals surface area contributed by atoms with Gasteiger partial charge < -0.3 is 19.5 Å². The van der Waals surface area contributed by atoms with Gasteiger partial charge in [0.25, 0.3) is 0 Å². The fourth-order valence-electron chi connectivity index (χ4n) is 3.40. The molecule has 2 aromatic rings. The highest BCUT2D eigenvalue weighted by Gasteiger charge is 2.15. The first-order chi connectivity index (χ1) is 14.1. The van der Waals surface area contributed by atoms with Crippen molar-refractivity contribution >= 4 is 5.96 Å². The number of guanidine groups is 1. The largest absolute Gasteiger partial charge is 0.435 e. The van der Waals surface area contributed by atoms with Gasteiger partial charge in [0.2, 0.25) is 0 Å². The van der Waals surface area contributed by atoms with Crippen LogP contribution in [0, 0.1) is 0 Å². The minimum Gasteiger partial charge on any atom is -0.435 e. The van der Waals surface area contributed by atoms with Crippen LogP contribution in [0.5, 0.6) is 5.75 Å². The molecule has 1 aliphatic rings. The van der Waals surface area contributed by atoms with Crippen molar-refractivity contribution in [3.05, 3.63) is 41.5 Å². The van der Waals surface area contributed by atoms with E-state index in [1.165, 1.54) is 6.42 Å². The van der Waals surface area contributed by atoms with Crippen molar-refractivity contribution in [2.24, 2.45) is 4.99 Å². The molecule has 0 fully saturated rings. The number of alkyl halides is 2. The van der Waals surface area contributed by atoms with Crippen LogP contribution in [0.15, 0.2) is 29.3 Å². The van der Waals surface area contributed by atoms with Gasteiger partial charge in [-0.1, -0.05) is 18.6 Å². The van der Waals surface area contributed by atoms with E-state index in [9.17, 15) is 8.78 Å². The molecule has 0 saturated carbocycles. The molecule has 1 N–H and O–H groups in total. The number of ether oxygens (including phenoxy) is 1. The molecule has 0 bridgehead atoms. The Balaban J connectivity index is 1.66. The maximum absolute atomic E-state index is 12.3. The van der Waals surface area contributed by atoms with E-state index in [0.29, 0.717) is 13.1 Å². The summed E-state index contributed by atoms with van der Waals surface area (Å²) in [7, 11) is 1.94. The number of hydrogen-bond donors (Lipinski definition) is 1. The molecule has 3 rings (SSSR count). The molecule has 0 aliphatic carbocycles. The molecule has 1 aliphatic heterocycles. The number of aryl methyl sites for hydroxylation is 1. The first kappa shape index (κ1) is 21.0. The van der Waals surface area contributed by atoms with Gasteiger partial charge in [-0.25, -0.2) is 4.99 Å². The number of nitrogens with zero attached hydrogens (tertiary/aromatic N) is 5. The molecule has 2 heterocycles. The molecule has 7 nitrogen and oxygen atoms in total. The molecule has 0 amide bonds. The summed E-state index contributed by atoms with van der Waals surface area (Å²) in [5.74, 6) is 2.85. The Labute approximate surface area is 169 Å². The molecule has 9 heteroatoms. The van der Waals surface area contributed by atoms with Crippen LogP contribution in [0.1, 0.15) is 43.4 Å². The van der Waals surface area contributed by atoms with Gasteiger partial charge in [0.05, 0.1) is 0 Å².